The van der Waals surface area contributed by atoms with Crippen molar-refractivity contribution in [2.24, 2.45) is 0 Å². The van der Waals surface area contributed by atoms with Gasteiger partial charge < -0.3 is 19.1 Å². The van der Waals surface area contributed by atoms with Crippen molar-refractivity contribution in [1.82, 2.24) is 0 Å². The average molecular weight is 720 g/mol. The Hall–Kier alpha value is -7.04. The molecule has 0 aliphatic rings. The SMILES string of the molecule is COc1cccc(/C=C/C=C/c2ccc(N(c3ccc(/C=C/C=C/c4cccc(OC)c4)cc3)c3ccc(/C=C/C=C/c4cccc(OC)c4)cc3)cc2)c1. The fraction of sp³-hybridized carbons (Fsp3) is 0.0588. The van der Waals surface area contributed by atoms with Crippen molar-refractivity contribution in [3.63, 3.8) is 0 Å². The maximum atomic E-state index is 5.34. The molecule has 4 nitrogen and oxygen atoms in total. The molecule has 0 spiro atoms. The molecule has 6 rings (SSSR count). The summed E-state index contributed by atoms with van der Waals surface area (Å²) < 4.78 is 16.0. The van der Waals surface area contributed by atoms with E-state index in [1.807, 2.05) is 72.8 Å². The van der Waals surface area contributed by atoms with Gasteiger partial charge in [0.05, 0.1) is 21.3 Å². The molecule has 6 aromatic carbocycles. The third kappa shape index (κ3) is 11.2. The lowest BCUT2D eigenvalue weighted by Crippen LogP contribution is -2.09. The van der Waals surface area contributed by atoms with Gasteiger partial charge in [0.25, 0.3) is 0 Å². The van der Waals surface area contributed by atoms with E-state index in [0.717, 1.165) is 67.7 Å². The lowest BCUT2D eigenvalue weighted by Gasteiger charge is -2.26. The molecule has 6 aromatic rings. The summed E-state index contributed by atoms with van der Waals surface area (Å²) in [6, 6.07) is 49.9. The van der Waals surface area contributed by atoms with E-state index >= 15 is 0 Å². The predicted molar refractivity (Wildman–Crippen MR) is 234 cm³/mol. The molecule has 55 heavy (non-hydrogen) atoms. The first-order chi connectivity index (χ1) is 27.1. The third-order valence-corrected chi connectivity index (χ3v) is 8.80. The minimum Gasteiger partial charge on any atom is -0.497 e. The molecule has 0 bridgehead atoms. The molecule has 0 amide bonds. The highest BCUT2D eigenvalue weighted by molar-refractivity contribution is 5.78. The molecule has 0 N–H and O–H groups in total. The molecule has 0 radical (unpaired) electrons. The van der Waals surface area contributed by atoms with Gasteiger partial charge in [0, 0.05) is 17.1 Å². The summed E-state index contributed by atoms with van der Waals surface area (Å²) in [5.41, 5.74) is 9.82. The number of ether oxygens (including phenoxy) is 3. The molecular formula is C51H45NO3. The number of allylic oxidation sites excluding steroid dienone is 6. The average Bonchev–Trinajstić information content (AvgIpc) is 3.24. The molecule has 0 aliphatic heterocycles. The standard InChI is InChI=1S/C51H45NO3/c1-53-49-22-10-19-43(37-49)16-7-4-13-40-25-31-46(32-26-40)52(47-33-27-41(28-34-47)14-5-8-17-44-20-11-23-50(38-44)54-2)48-35-29-42(30-36-48)15-6-9-18-45-21-12-24-51(39-45)55-3/h4-39H,1-3H3/b13-4+,14-5+,15-6+,16-7+,17-8+,18-9+. The summed E-state index contributed by atoms with van der Waals surface area (Å²) in [5, 5.41) is 0. The van der Waals surface area contributed by atoms with Crippen molar-refractivity contribution >= 4 is 53.5 Å². The third-order valence-electron chi connectivity index (χ3n) is 8.80. The van der Waals surface area contributed by atoms with Gasteiger partial charge in [-0.1, -0.05) is 146 Å². The second kappa shape index (κ2) is 19.7. The molecule has 4 heteroatoms. The van der Waals surface area contributed by atoms with Crippen molar-refractivity contribution < 1.29 is 14.2 Å². The van der Waals surface area contributed by atoms with Gasteiger partial charge in [-0.05, 0) is 106 Å². The summed E-state index contributed by atoms with van der Waals surface area (Å²) >= 11 is 0. The Labute approximate surface area is 325 Å². The normalized spacial score (nSPS) is 11.8. The van der Waals surface area contributed by atoms with Crippen molar-refractivity contribution in [3.8, 4) is 17.2 Å². The largest absolute Gasteiger partial charge is 0.497 e. The van der Waals surface area contributed by atoms with Gasteiger partial charge >= 0.3 is 0 Å². The second-order valence-electron chi connectivity index (χ2n) is 12.6. The van der Waals surface area contributed by atoms with Crippen LogP contribution in [0.5, 0.6) is 17.2 Å². The van der Waals surface area contributed by atoms with Crippen LogP contribution in [0.15, 0.2) is 182 Å². The van der Waals surface area contributed by atoms with Crippen LogP contribution in [0.4, 0.5) is 17.1 Å². The molecule has 0 heterocycles. The summed E-state index contributed by atoms with van der Waals surface area (Å²) in [7, 11) is 5.05. The van der Waals surface area contributed by atoms with Gasteiger partial charge in [-0.3, -0.25) is 0 Å². The smallest absolute Gasteiger partial charge is 0.119 e. The van der Waals surface area contributed by atoms with Crippen LogP contribution in [0, 0.1) is 0 Å². The number of rotatable bonds is 15. The van der Waals surface area contributed by atoms with Crippen molar-refractivity contribution in [2.45, 2.75) is 0 Å². The predicted octanol–water partition coefficient (Wildman–Crippen LogP) is 13.4. The number of anilines is 3. The Morgan fingerprint density at radius 2 is 0.564 bits per heavy atom. The van der Waals surface area contributed by atoms with Crippen molar-refractivity contribution in [1.29, 1.82) is 0 Å². The van der Waals surface area contributed by atoms with E-state index in [-0.39, 0.29) is 0 Å². The number of methoxy groups -OCH3 is 3. The highest BCUT2D eigenvalue weighted by atomic mass is 16.5. The van der Waals surface area contributed by atoms with Gasteiger partial charge in [-0.2, -0.15) is 0 Å². The molecule has 0 aromatic heterocycles. The zero-order chi connectivity index (χ0) is 38.1. The number of benzene rings is 6. The zero-order valence-electron chi connectivity index (χ0n) is 31.5. The lowest BCUT2D eigenvalue weighted by molar-refractivity contribution is 0.414. The molecule has 0 unspecified atom stereocenters. The van der Waals surface area contributed by atoms with E-state index in [1.54, 1.807) is 21.3 Å². The maximum absolute atomic E-state index is 5.34. The number of hydrogen-bond acceptors (Lipinski definition) is 4. The van der Waals surface area contributed by atoms with Crippen LogP contribution in [-0.2, 0) is 0 Å². The molecule has 0 atom stereocenters. The fourth-order valence-electron chi connectivity index (χ4n) is 5.89. The van der Waals surface area contributed by atoms with Crippen LogP contribution in [0.2, 0.25) is 0 Å². The molecule has 0 aliphatic carbocycles. The van der Waals surface area contributed by atoms with Crippen LogP contribution in [0.1, 0.15) is 33.4 Å². The van der Waals surface area contributed by atoms with Crippen LogP contribution in [0.3, 0.4) is 0 Å². The minimum absolute atomic E-state index is 0.846. The van der Waals surface area contributed by atoms with E-state index in [0.29, 0.717) is 0 Å². The van der Waals surface area contributed by atoms with E-state index in [9.17, 15) is 0 Å². The summed E-state index contributed by atoms with van der Waals surface area (Å²) in [5.74, 6) is 2.54. The summed E-state index contributed by atoms with van der Waals surface area (Å²) in [6.07, 6.45) is 24.9. The van der Waals surface area contributed by atoms with Crippen LogP contribution >= 0.6 is 0 Å². The topological polar surface area (TPSA) is 30.9 Å². The Kier molecular flexibility index (Phi) is 13.5. The molecular weight excluding hydrogens is 675 g/mol. The van der Waals surface area contributed by atoms with Gasteiger partial charge in [0.15, 0.2) is 0 Å². The van der Waals surface area contributed by atoms with Crippen LogP contribution < -0.4 is 19.1 Å². The first kappa shape index (κ1) is 37.7. The maximum Gasteiger partial charge on any atom is 0.119 e. The van der Waals surface area contributed by atoms with E-state index in [1.165, 1.54) is 0 Å². The van der Waals surface area contributed by atoms with Gasteiger partial charge in [-0.25, -0.2) is 0 Å². The second-order valence-corrected chi connectivity index (χ2v) is 12.6. The summed E-state index contributed by atoms with van der Waals surface area (Å²) in [6.45, 7) is 0. The quantitative estimate of drug-likeness (QED) is 0.0989. The Balaban J connectivity index is 1.19. The fourth-order valence-corrected chi connectivity index (χ4v) is 5.89. The molecule has 272 valence electrons. The van der Waals surface area contributed by atoms with Crippen molar-refractivity contribution in [2.75, 3.05) is 26.2 Å². The Morgan fingerprint density at radius 1 is 0.309 bits per heavy atom. The van der Waals surface area contributed by atoms with E-state index < -0.39 is 0 Å². The van der Waals surface area contributed by atoms with Gasteiger partial charge in [0.2, 0.25) is 0 Å². The van der Waals surface area contributed by atoms with Crippen LogP contribution in [-0.4, -0.2) is 21.3 Å². The zero-order valence-corrected chi connectivity index (χ0v) is 31.5. The van der Waals surface area contributed by atoms with Crippen molar-refractivity contribution in [3.05, 3.63) is 215 Å². The van der Waals surface area contributed by atoms with Gasteiger partial charge in [-0.15, -0.1) is 0 Å². The summed E-state index contributed by atoms with van der Waals surface area (Å²) in [4.78, 5) is 2.28. The van der Waals surface area contributed by atoms with Crippen LogP contribution in [0.25, 0.3) is 36.5 Å². The molecule has 0 saturated heterocycles. The first-order valence-electron chi connectivity index (χ1n) is 18.2. The molecule has 0 fully saturated rings. The Bertz CT molecular complexity index is 2040. The number of hydrogen-bond donors (Lipinski definition) is 0. The first-order valence-corrected chi connectivity index (χ1v) is 18.2. The van der Waals surface area contributed by atoms with E-state index in [2.05, 4.69) is 151 Å². The monoisotopic (exact) mass is 719 g/mol. The highest BCUT2D eigenvalue weighted by Gasteiger charge is 2.12. The number of nitrogens with zero attached hydrogens (tertiary/aromatic N) is 1. The highest BCUT2D eigenvalue weighted by Crippen LogP contribution is 2.35. The Morgan fingerprint density at radius 3 is 0.818 bits per heavy atom. The lowest BCUT2D eigenvalue weighted by atomic mass is 10.1. The van der Waals surface area contributed by atoms with Gasteiger partial charge in [0.1, 0.15) is 17.2 Å². The minimum atomic E-state index is 0.846. The van der Waals surface area contributed by atoms with E-state index in [4.69, 9.17) is 14.2 Å². The molecule has 0 saturated carbocycles.